The smallest absolute Gasteiger partial charge is 0.305 e. The minimum atomic E-state index is -0.00236. The second-order valence-corrected chi connectivity index (χ2v) is 17.9. The Labute approximate surface area is 357 Å². The van der Waals surface area contributed by atoms with Gasteiger partial charge in [-0.3, -0.25) is 9.59 Å². The Kier molecular flexibility index (Phi) is 45.8. The van der Waals surface area contributed by atoms with Crippen LogP contribution < -0.4 is 0 Å². The summed E-state index contributed by atoms with van der Waals surface area (Å²) in [6, 6.07) is 0. The zero-order valence-corrected chi connectivity index (χ0v) is 39.1. The fourth-order valence-electron chi connectivity index (χ4n) is 7.91. The third kappa shape index (κ3) is 45.4. The molecule has 0 aromatic rings. The molecule has 0 fully saturated rings. The van der Waals surface area contributed by atoms with Crippen molar-refractivity contribution >= 4 is 11.9 Å². The molecule has 336 valence electrons. The lowest BCUT2D eigenvalue weighted by molar-refractivity contribution is -0.144. The Bertz CT molecular complexity index is 876. The highest BCUT2D eigenvalue weighted by atomic mass is 16.5. The molecule has 0 bridgehead atoms. The SMILES string of the molecule is CCCCCCCC/C=C\CCCCCCCC(=O)OCCCCCCCC(CCCCCCOC(=O)CCCCCCC/C=C\CCCCCCCC)C(C)C. The molecule has 0 aliphatic rings. The molecular formula is C53H100O4. The van der Waals surface area contributed by atoms with Crippen LogP contribution in [0.15, 0.2) is 24.3 Å². The van der Waals surface area contributed by atoms with Gasteiger partial charge >= 0.3 is 11.9 Å². The Morgan fingerprint density at radius 3 is 0.982 bits per heavy atom. The van der Waals surface area contributed by atoms with Crippen molar-refractivity contribution in [1.29, 1.82) is 0 Å². The lowest BCUT2D eigenvalue weighted by Gasteiger charge is -2.20. The monoisotopic (exact) mass is 801 g/mol. The number of carbonyl (C=O) groups excluding carboxylic acids is 2. The summed E-state index contributed by atoms with van der Waals surface area (Å²) in [4.78, 5) is 24.2. The molecule has 0 spiro atoms. The van der Waals surface area contributed by atoms with E-state index >= 15 is 0 Å². The maximum absolute atomic E-state index is 12.1. The van der Waals surface area contributed by atoms with E-state index in [4.69, 9.17) is 9.47 Å². The van der Waals surface area contributed by atoms with Gasteiger partial charge in [-0.2, -0.15) is 0 Å². The van der Waals surface area contributed by atoms with Crippen LogP contribution in [0.5, 0.6) is 0 Å². The van der Waals surface area contributed by atoms with Crippen molar-refractivity contribution in [2.45, 2.75) is 278 Å². The minimum absolute atomic E-state index is 0.00227. The first-order chi connectivity index (χ1) is 28.0. The van der Waals surface area contributed by atoms with Crippen molar-refractivity contribution in [3.05, 3.63) is 24.3 Å². The Morgan fingerprint density at radius 2 is 0.649 bits per heavy atom. The third-order valence-electron chi connectivity index (χ3n) is 11.9. The molecule has 0 rings (SSSR count). The molecule has 1 atom stereocenters. The number of ether oxygens (including phenoxy) is 2. The van der Waals surface area contributed by atoms with Crippen LogP contribution in [0.2, 0.25) is 0 Å². The summed E-state index contributed by atoms with van der Waals surface area (Å²) in [5.41, 5.74) is 0. The van der Waals surface area contributed by atoms with E-state index in [9.17, 15) is 9.59 Å². The van der Waals surface area contributed by atoms with Crippen molar-refractivity contribution in [3.8, 4) is 0 Å². The van der Waals surface area contributed by atoms with Crippen LogP contribution in [-0.4, -0.2) is 25.2 Å². The highest BCUT2D eigenvalue weighted by Crippen LogP contribution is 2.25. The van der Waals surface area contributed by atoms with E-state index in [1.165, 1.54) is 186 Å². The van der Waals surface area contributed by atoms with Gasteiger partial charge in [0.2, 0.25) is 0 Å². The van der Waals surface area contributed by atoms with E-state index in [0.717, 1.165) is 63.2 Å². The molecular weight excluding hydrogens is 701 g/mol. The molecule has 0 aliphatic heterocycles. The van der Waals surface area contributed by atoms with Gasteiger partial charge in [-0.05, 0) is 88.9 Å². The number of esters is 2. The van der Waals surface area contributed by atoms with E-state index in [-0.39, 0.29) is 11.9 Å². The number of rotatable bonds is 46. The van der Waals surface area contributed by atoms with Crippen molar-refractivity contribution in [1.82, 2.24) is 0 Å². The topological polar surface area (TPSA) is 52.6 Å². The predicted octanol–water partition coefficient (Wildman–Crippen LogP) is 17.7. The van der Waals surface area contributed by atoms with Crippen LogP contribution in [-0.2, 0) is 19.1 Å². The van der Waals surface area contributed by atoms with E-state index < -0.39 is 0 Å². The number of hydrogen-bond donors (Lipinski definition) is 0. The number of carbonyl (C=O) groups is 2. The summed E-state index contributed by atoms with van der Waals surface area (Å²) in [6.45, 7) is 10.5. The number of unbranched alkanes of at least 4 members (excludes halogenated alkanes) is 29. The first-order valence-corrected chi connectivity index (χ1v) is 25.6. The molecule has 4 nitrogen and oxygen atoms in total. The van der Waals surface area contributed by atoms with Gasteiger partial charge in [-0.25, -0.2) is 0 Å². The summed E-state index contributed by atoms with van der Waals surface area (Å²) < 4.78 is 11.0. The summed E-state index contributed by atoms with van der Waals surface area (Å²) >= 11 is 0. The quantitative estimate of drug-likeness (QED) is 0.0350. The molecule has 0 aliphatic carbocycles. The van der Waals surface area contributed by atoms with Gasteiger partial charge in [0.1, 0.15) is 0 Å². The van der Waals surface area contributed by atoms with Gasteiger partial charge in [0, 0.05) is 12.8 Å². The zero-order chi connectivity index (χ0) is 41.5. The second-order valence-electron chi connectivity index (χ2n) is 17.9. The van der Waals surface area contributed by atoms with E-state index in [1.54, 1.807) is 0 Å². The molecule has 57 heavy (non-hydrogen) atoms. The van der Waals surface area contributed by atoms with Gasteiger partial charge in [-0.1, -0.05) is 213 Å². The lowest BCUT2D eigenvalue weighted by Crippen LogP contribution is -2.09. The van der Waals surface area contributed by atoms with E-state index in [1.807, 2.05) is 0 Å². The fourth-order valence-corrected chi connectivity index (χ4v) is 7.91. The van der Waals surface area contributed by atoms with Crippen LogP contribution in [0.25, 0.3) is 0 Å². The number of allylic oxidation sites excluding steroid dienone is 4. The maximum atomic E-state index is 12.1. The molecule has 0 saturated carbocycles. The molecule has 1 unspecified atom stereocenters. The van der Waals surface area contributed by atoms with Crippen LogP contribution in [0.4, 0.5) is 0 Å². The van der Waals surface area contributed by atoms with Crippen molar-refractivity contribution in [2.24, 2.45) is 11.8 Å². The largest absolute Gasteiger partial charge is 0.466 e. The molecule has 0 amide bonds. The average Bonchev–Trinajstić information content (AvgIpc) is 3.20. The van der Waals surface area contributed by atoms with E-state index in [0.29, 0.717) is 26.1 Å². The van der Waals surface area contributed by atoms with Gasteiger partial charge in [-0.15, -0.1) is 0 Å². The highest BCUT2D eigenvalue weighted by Gasteiger charge is 2.13. The van der Waals surface area contributed by atoms with Crippen LogP contribution in [0, 0.1) is 11.8 Å². The summed E-state index contributed by atoms with van der Waals surface area (Å²) in [5, 5.41) is 0. The van der Waals surface area contributed by atoms with Crippen LogP contribution in [0.3, 0.4) is 0 Å². The van der Waals surface area contributed by atoms with Crippen LogP contribution in [0.1, 0.15) is 278 Å². The first kappa shape index (κ1) is 55.4. The normalized spacial score (nSPS) is 12.4. The predicted molar refractivity (Wildman–Crippen MR) is 250 cm³/mol. The molecule has 0 saturated heterocycles. The summed E-state index contributed by atoms with van der Waals surface area (Å²) in [7, 11) is 0. The Morgan fingerprint density at radius 1 is 0.368 bits per heavy atom. The third-order valence-corrected chi connectivity index (χ3v) is 11.9. The van der Waals surface area contributed by atoms with Gasteiger partial charge in [0.25, 0.3) is 0 Å². The maximum Gasteiger partial charge on any atom is 0.305 e. The molecule has 0 radical (unpaired) electrons. The Hall–Kier alpha value is -1.58. The minimum Gasteiger partial charge on any atom is -0.466 e. The number of hydrogen-bond acceptors (Lipinski definition) is 4. The second kappa shape index (κ2) is 47.1. The van der Waals surface area contributed by atoms with Gasteiger partial charge in [0.15, 0.2) is 0 Å². The molecule has 4 heteroatoms. The standard InChI is InChI=1S/C53H100O4/c1-5-7-9-11-13-15-17-19-21-23-25-27-29-33-40-46-52(54)56-48-42-36-31-32-38-44-51(50(3)4)45-39-35-37-43-49-57-53(55)47-41-34-30-28-26-24-22-20-18-16-14-12-10-8-6-2/h19-22,50-51H,5-18,23-49H2,1-4H3/b21-19-,22-20-. The van der Waals surface area contributed by atoms with E-state index in [2.05, 4.69) is 52.0 Å². The molecule has 0 N–H and O–H groups in total. The Balaban J connectivity index is 3.52. The van der Waals surface area contributed by atoms with Crippen molar-refractivity contribution < 1.29 is 19.1 Å². The lowest BCUT2D eigenvalue weighted by atomic mass is 9.85. The summed E-state index contributed by atoms with van der Waals surface area (Å²) in [6.07, 6.45) is 57.2. The molecule has 0 aromatic carbocycles. The van der Waals surface area contributed by atoms with Crippen molar-refractivity contribution in [2.75, 3.05) is 13.2 Å². The molecule has 0 aromatic heterocycles. The fraction of sp³-hybridized carbons (Fsp3) is 0.887. The highest BCUT2D eigenvalue weighted by molar-refractivity contribution is 5.69. The molecule has 0 heterocycles. The van der Waals surface area contributed by atoms with Gasteiger partial charge < -0.3 is 9.47 Å². The first-order valence-electron chi connectivity index (χ1n) is 25.6. The zero-order valence-electron chi connectivity index (χ0n) is 39.1. The van der Waals surface area contributed by atoms with Crippen LogP contribution >= 0.6 is 0 Å². The average molecular weight is 801 g/mol. The summed E-state index contributed by atoms with van der Waals surface area (Å²) in [5.74, 6) is 1.55. The van der Waals surface area contributed by atoms with Gasteiger partial charge in [0.05, 0.1) is 13.2 Å². The van der Waals surface area contributed by atoms with Crippen molar-refractivity contribution in [3.63, 3.8) is 0 Å².